The van der Waals surface area contributed by atoms with Crippen LogP contribution in [-0.4, -0.2) is 90.2 Å². The van der Waals surface area contributed by atoms with Gasteiger partial charge >= 0.3 is 6.09 Å². The highest BCUT2D eigenvalue weighted by Gasteiger charge is 2.35. The van der Waals surface area contributed by atoms with Gasteiger partial charge in [0, 0.05) is 59.9 Å². The lowest BCUT2D eigenvalue weighted by Crippen LogP contribution is -2.50. The third kappa shape index (κ3) is 7.42. The molecule has 2 aromatic carbocycles. The van der Waals surface area contributed by atoms with E-state index in [0.717, 1.165) is 66.7 Å². The van der Waals surface area contributed by atoms with E-state index in [1.54, 1.807) is 34.9 Å². The number of carbonyl (C=O) groups excluding carboxylic acids is 2. The molecule has 11 nitrogen and oxygen atoms in total. The number of anilines is 1. The number of amides is 2. The van der Waals surface area contributed by atoms with Crippen molar-refractivity contribution in [3.8, 4) is 17.0 Å². The Labute approximate surface area is 291 Å². The zero-order valence-electron chi connectivity index (χ0n) is 28.1. The second-order valence-electron chi connectivity index (χ2n) is 13.7. The van der Waals surface area contributed by atoms with Crippen molar-refractivity contribution in [3.63, 3.8) is 0 Å². The topological polar surface area (TPSA) is 114 Å². The minimum atomic E-state index is -3.41. The monoisotopic (exact) mass is 741 g/mol. The van der Waals surface area contributed by atoms with Crippen LogP contribution in [0.5, 0.6) is 5.75 Å². The molecule has 3 aliphatic rings. The summed E-state index contributed by atoms with van der Waals surface area (Å²) in [4.78, 5) is 32.2. The largest absolute Gasteiger partial charge is 0.482 e. The molecule has 0 spiro atoms. The Morgan fingerprint density at radius 1 is 1.06 bits per heavy atom. The number of carbonyl (C=O) groups is 2. The fraction of sp³-hybridized carbons (Fsp3) is 0.514. The van der Waals surface area contributed by atoms with Gasteiger partial charge < -0.3 is 24.2 Å². The Hall–Kier alpha value is -3.42. The minimum absolute atomic E-state index is 0.00358. The van der Waals surface area contributed by atoms with Gasteiger partial charge in [-0.05, 0) is 76.9 Å². The molecule has 13 heteroatoms. The number of nitrogens with zero attached hydrogens (tertiary/aromatic N) is 5. The number of piperidine rings is 1. The van der Waals surface area contributed by atoms with Crippen molar-refractivity contribution >= 4 is 43.5 Å². The number of aryl methyl sites for hydroxylation is 1. The average Bonchev–Trinajstić information content (AvgIpc) is 3.42. The number of fused-ring (bicyclic) bond motifs is 2. The zero-order valence-corrected chi connectivity index (χ0v) is 30.5. The molecule has 48 heavy (non-hydrogen) atoms. The quantitative estimate of drug-likeness (QED) is 0.290. The first kappa shape index (κ1) is 34.4. The first-order chi connectivity index (χ1) is 22.8. The van der Waals surface area contributed by atoms with Crippen molar-refractivity contribution in [2.24, 2.45) is 0 Å². The number of rotatable bonds is 8. The fourth-order valence-electron chi connectivity index (χ4n) is 6.75. The highest BCUT2D eigenvalue weighted by molar-refractivity contribution is 9.10. The summed E-state index contributed by atoms with van der Waals surface area (Å²) in [7, 11) is -3.41. The molecular formula is C35H44BrN5O6S. The molecule has 4 heterocycles. The van der Waals surface area contributed by atoms with Gasteiger partial charge in [-0.2, -0.15) is 5.10 Å². The van der Waals surface area contributed by atoms with E-state index >= 15 is 0 Å². The van der Waals surface area contributed by atoms with E-state index < -0.39 is 15.4 Å². The molecular weight excluding hydrogens is 698 g/mol. The molecule has 0 unspecified atom stereocenters. The number of likely N-dealkylation sites (tertiary alicyclic amines) is 1. The highest BCUT2D eigenvalue weighted by Crippen LogP contribution is 2.38. The number of sulfone groups is 1. The van der Waals surface area contributed by atoms with Crippen LogP contribution in [0.2, 0.25) is 0 Å². The maximum atomic E-state index is 13.1. The molecule has 258 valence electrons. The summed E-state index contributed by atoms with van der Waals surface area (Å²) >= 11 is 3.53. The van der Waals surface area contributed by atoms with Crippen molar-refractivity contribution < 1.29 is 27.5 Å². The lowest BCUT2D eigenvalue weighted by molar-refractivity contribution is -0.122. The maximum Gasteiger partial charge on any atom is 0.410 e. The van der Waals surface area contributed by atoms with E-state index in [4.69, 9.17) is 14.6 Å². The van der Waals surface area contributed by atoms with Crippen LogP contribution in [-0.2, 0) is 38.9 Å². The number of ether oxygens (including phenoxy) is 2. The molecule has 0 aliphatic carbocycles. The van der Waals surface area contributed by atoms with Gasteiger partial charge in [-0.3, -0.25) is 9.48 Å². The number of benzene rings is 2. The third-order valence-corrected chi connectivity index (χ3v) is 11.5. The molecule has 0 bridgehead atoms. The Morgan fingerprint density at radius 2 is 1.79 bits per heavy atom. The summed E-state index contributed by atoms with van der Waals surface area (Å²) in [6.07, 6.45) is 2.90. The van der Waals surface area contributed by atoms with Crippen molar-refractivity contribution in [2.75, 3.05) is 43.4 Å². The first-order valence-electron chi connectivity index (χ1n) is 16.7. The Balaban J connectivity index is 1.11. The number of halogens is 1. The van der Waals surface area contributed by atoms with Gasteiger partial charge in [-0.25, -0.2) is 13.2 Å². The van der Waals surface area contributed by atoms with E-state index in [1.165, 1.54) is 5.69 Å². The van der Waals surface area contributed by atoms with E-state index in [1.807, 2.05) is 32.9 Å². The molecule has 1 fully saturated rings. The normalized spacial score (nSPS) is 17.6. The number of aromatic nitrogens is 2. The Kier molecular flexibility index (Phi) is 9.93. The van der Waals surface area contributed by atoms with E-state index in [9.17, 15) is 18.0 Å². The van der Waals surface area contributed by atoms with Gasteiger partial charge in [-0.15, -0.1) is 0 Å². The predicted molar refractivity (Wildman–Crippen MR) is 187 cm³/mol. The molecule has 1 saturated heterocycles. The second kappa shape index (κ2) is 13.8. The zero-order chi connectivity index (χ0) is 34.2. The van der Waals surface area contributed by atoms with Gasteiger partial charge in [-0.1, -0.05) is 35.0 Å². The molecule has 0 N–H and O–H groups in total. The van der Waals surface area contributed by atoms with Crippen molar-refractivity contribution in [1.82, 2.24) is 19.6 Å². The first-order valence-corrected chi connectivity index (χ1v) is 19.1. The van der Waals surface area contributed by atoms with Crippen LogP contribution in [0.3, 0.4) is 0 Å². The Bertz CT molecular complexity index is 1780. The molecule has 6 rings (SSSR count). The average molecular weight is 743 g/mol. The number of hydrogen-bond donors (Lipinski definition) is 0. The number of hydrogen-bond acceptors (Lipinski definition) is 8. The molecule has 3 aliphatic heterocycles. The highest BCUT2D eigenvalue weighted by atomic mass is 79.9. The van der Waals surface area contributed by atoms with Gasteiger partial charge in [0.25, 0.3) is 5.91 Å². The molecule has 3 aromatic rings. The molecule has 0 atom stereocenters. The van der Waals surface area contributed by atoms with Crippen molar-refractivity contribution in [1.29, 1.82) is 0 Å². The van der Waals surface area contributed by atoms with Gasteiger partial charge in [0.15, 0.2) is 16.4 Å². The van der Waals surface area contributed by atoms with Gasteiger partial charge in [0.2, 0.25) is 0 Å². The van der Waals surface area contributed by atoms with Crippen LogP contribution in [0.25, 0.3) is 11.3 Å². The van der Waals surface area contributed by atoms with Gasteiger partial charge in [0.1, 0.15) is 11.4 Å². The van der Waals surface area contributed by atoms with Crippen LogP contribution in [0.4, 0.5) is 10.5 Å². The summed E-state index contributed by atoms with van der Waals surface area (Å²) in [6, 6.07) is 12.9. The molecule has 1 aromatic heterocycles. The van der Waals surface area contributed by atoms with Gasteiger partial charge in [0.05, 0.1) is 28.6 Å². The van der Waals surface area contributed by atoms with Crippen molar-refractivity contribution in [3.05, 3.63) is 58.2 Å². The second-order valence-corrected chi connectivity index (χ2v) is 16.9. The minimum Gasteiger partial charge on any atom is -0.482 e. The smallest absolute Gasteiger partial charge is 0.410 e. The summed E-state index contributed by atoms with van der Waals surface area (Å²) in [6.45, 7) is 11.6. The van der Waals surface area contributed by atoms with E-state index in [0.29, 0.717) is 30.9 Å². The third-order valence-electron chi connectivity index (χ3n) is 9.22. The molecule has 0 saturated carbocycles. The van der Waals surface area contributed by atoms with Crippen LogP contribution in [0.15, 0.2) is 51.8 Å². The van der Waals surface area contributed by atoms with Crippen LogP contribution in [0.1, 0.15) is 58.2 Å². The van der Waals surface area contributed by atoms with Crippen molar-refractivity contribution in [2.45, 2.75) is 83.0 Å². The van der Waals surface area contributed by atoms with Crippen LogP contribution >= 0.6 is 15.9 Å². The predicted octanol–water partition coefficient (Wildman–Crippen LogP) is 5.68. The lowest BCUT2D eigenvalue weighted by atomic mass is 10.0. The van der Waals surface area contributed by atoms with E-state index in [2.05, 4.69) is 37.6 Å². The SMILES string of the molecule is CCS(=O)(=O)c1ccc2c(c1)N(C1CCN(CCCn3nc(-c4ccc(Br)cc4)c4c3CCN(C(=O)OC(C)(C)C)C4)CC1)C(=O)CO2. The van der Waals surface area contributed by atoms with Crippen LogP contribution in [0, 0.1) is 0 Å². The summed E-state index contributed by atoms with van der Waals surface area (Å²) in [5.41, 5.74) is 4.14. The summed E-state index contributed by atoms with van der Waals surface area (Å²) in [5.74, 6) is 0.407. The van der Waals surface area contributed by atoms with Crippen LogP contribution < -0.4 is 9.64 Å². The maximum absolute atomic E-state index is 13.1. The summed E-state index contributed by atoms with van der Waals surface area (Å²) < 4.78 is 39.6. The lowest BCUT2D eigenvalue weighted by Gasteiger charge is -2.40. The van der Waals surface area contributed by atoms with E-state index in [-0.39, 0.29) is 35.3 Å². The Morgan fingerprint density at radius 3 is 2.48 bits per heavy atom. The molecule has 0 radical (unpaired) electrons. The standard InChI is InChI=1S/C35H44BrN5O6S/c1-5-48(44,45)27-11-12-31-30(21-27)41(32(42)23-46-31)26-13-18-38(19-14-26)16-6-17-40-29-15-20-39(34(43)47-35(2,3)4)22-28(29)33(37-40)24-7-9-25(36)10-8-24/h7-12,21,26H,5-6,13-20,22-23H2,1-4H3. The summed E-state index contributed by atoms with van der Waals surface area (Å²) in [5, 5.41) is 5.08. The molecule has 2 amide bonds. The fourth-order valence-corrected chi connectivity index (χ4v) is 7.92.